The summed E-state index contributed by atoms with van der Waals surface area (Å²) in [5.41, 5.74) is 2.44. The average Bonchev–Trinajstić information content (AvgIpc) is 2.68. The van der Waals surface area contributed by atoms with E-state index in [2.05, 4.69) is 48.5 Å². The van der Waals surface area contributed by atoms with E-state index in [1.807, 2.05) is 11.7 Å². The first-order chi connectivity index (χ1) is 8.76. The normalized spacial score (nSPS) is 13.1. The van der Waals surface area contributed by atoms with Gasteiger partial charge < -0.3 is 5.32 Å². The maximum atomic E-state index is 4.67. The molecular weight excluding hydrogens is 222 g/mol. The molecule has 0 saturated carbocycles. The van der Waals surface area contributed by atoms with Gasteiger partial charge >= 0.3 is 0 Å². The number of hydrogen-bond donors (Lipinski definition) is 1. The van der Waals surface area contributed by atoms with Crippen molar-refractivity contribution in [2.75, 3.05) is 6.54 Å². The van der Waals surface area contributed by atoms with Crippen molar-refractivity contribution in [2.24, 2.45) is 7.05 Å². The van der Waals surface area contributed by atoms with Crippen LogP contribution in [0.4, 0.5) is 0 Å². The average molecular weight is 245 g/mol. The van der Waals surface area contributed by atoms with E-state index < -0.39 is 0 Å². The zero-order chi connectivity index (χ0) is 13.0. The molecule has 18 heavy (non-hydrogen) atoms. The number of nitrogens with one attached hydrogen (secondary N) is 1. The second-order valence-corrected chi connectivity index (χ2v) is 4.83. The summed E-state index contributed by atoms with van der Waals surface area (Å²) >= 11 is 0. The van der Waals surface area contributed by atoms with Crippen LogP contribution in [0, 0.1) is 0 Å². The molecule has 3 heteroatoms. The van der Waals surface area contributed by atoms with Crippen molar-refractivity contribution in [3.8, 4) is 0 Å². The third kappa shape index (κ3) is 2.72. The topological polar surface area (TPSA) is 29.9 Å². The molecule has 0 aliphatic carbocycles. The summed E-state index contributed by atoms with van der Waals surface area (Å²) in [5.74, 6) is 0. The van der Waals surface area contributed by atoms with Crippen LogP contribution in [0.5, 0.6) is 0 Å². The lowest BCUT2D eigenvalue weighted by Crippen LogP contribution is -2.31. The Bertz CT molecular complexity index is 495. The molecule has 1 aromatic heterocycles. The molecule has 2 aromatic rings. The predicted octanol–water partition coefficient (Wildman–Crippen LogP) is 2.89. The molecule has 0 aliphatic rings. The van der Waals surface area contributed by atoms with Crippen LogP contribution >= 0.6 is 0 Å². The van der Waals surface area contributed by atoms with Gasteiger partial charge in [0.05, 0.1) is 11.2 Å². The van der Waals surface area contributed by atoms with Crippen LogP contribution in [-0.4, -0.2) is 22.4 Å². The van der Waals surface area contributed by atoms with E-state index in [9.17, 15) is 0 Å². The number of nitrogens with zero attached hydrogens (tertiary/aromatic N) is 2. The smallest absolute Gasteiger partial charge is 0.0718 e. The summed E-state index contributed by atoms with van der Waals surface area (Å²) in [4.78, 5) is 0. The number of rotatable bonds is 6. The summed E-state index contributed by atoms with van der Waals surface area (Å²) < 4.78 is 1.99. The Hall–Kier alpha value is -1.35. The molecule has 1 heterocycles. The fourth-order valence-corrected chi connectivity index (χ4v) is 2.59. The van der Waals surface area contributed by atoms with Crippen LogP contribution in [0.1, 0.15) is 32.4 Å². The number of benzene rings is 1. The van der Waals surface area contributed by atoms with E-state index in [0.29, 0.717) is 6.04 Å². The standard InChI is InChI=1S/C15H23N3/c1-4-8-12(16-5-2)11-14-13-9-6-7-10-15(13)18(3)17-14/h6-7,9-10,12,16H,4-5,8,11H2,1-3H3. The largest absolute Gasteiger partial charge is 0.314 e. The van der Waals surface area contributed by atoms with Gasteiger partial charge in [-0.1, -0.05) is 38.5 Å². The van der Waals surface area contributed by atoms with Gasteiger partial charge in [-0.3, -0.25) is 4.68 Å². The van der Waals surface area contributed by atoms with Crippen molar-refractivity contribution in [3.63, 3.8) is 0 Å². The Balaban J connectivity index is 2.24. The van der Waals surface area contributed by atoms with Gasteiger partial charge in [0.1, 0.15) is 0 Å². The second kappa shape index (κ2) is 6.01. The lowest BCUT2D eigenvalue weighted by Gasteiger charge is -2.15. The van der Waals surface area contributed by atoms with Crippen LogP contribution in [0.25, 0.3) is 10.9 Å². The van der Waals surface area contributed by atoms with Gasteiger partial charge in [-0.15, -0.1) is 0 Å². The molecule has 0 bridgehead atoms. The van der Waals surface area contributed by atoms with Crippen molar-refractivity contribution in [1.82, 2.24) is 15.1 Å². The highest BCUT2D eigenvalue weighted by Crippen LogP contribution is 2.19. The van der Waals surface area contributed by atoms with Gasteiger partial charge in [0.2, 0.25) is 0 Å². The molecular formula is C15H23N3. The summed E-state index contributed by atoms with van der Waals surface area (Å²) in [7, 11) is 2.02. The van der Waals surface area contributed by atoms with E-state index in [1.165, 1.54) is 29.4 Å². The van der Waals surface area contributed by atoms with E-state index in [4.69, 9.17) is 0 Å². The molecule has 1 N–H and O–H groups in total. The summed E-state index contributed by atoms with van der Waals surface area (Å²) in [6, 6.07) is 9.01. The molecule has 2 rings (SSSR count). The number of fused-ring (bicyclic) bond motifs is 1. The maximum absolute atomic E-state index is 4.67. The van der Waals surface area contributed by atoms with Crippen LogP contribution in [0.15, 0.2) is 24.3 Å². The van der Waals surface area contributed by atoms with Crippen LogP contribution in [0.3, 0.4) is 0 Å². The molecule has 0 fully saturated rings. The summed E-state index contributed by atoms with van der Waals surface area (Å²) in [5, 5.41) is 9.52. The first-order valence-electron chi connectivity index (χ1n) is 6.90. The third-order valence-electron chi connectivity index (χ3n) is 3.40. The van der Waals surface area contributed by atoms with Gasteiger partial charge in [0.15, 0.2) is 0 Å². The van der Waals surface area contributed by atoms with E-state index in [-0.39, 0.29) is 0 Å². The highest BCUT2D eigenvalue weighted by atomic mass is 15.3. The van der Waals surface area contributed by atoms with Crippen molar-refractivity contribution in [2.45, 2.75) is 39.2 Å². The molecule has 0 saturated heterocycles. The Morgan fingerprint density at radius 2 is 2.06 bits per heavy atom. The fraction of sp³-hybridized carbons (Fsp3) is 0.533. The highest BCUT2D eigenvalue weighted by molar-refractivity contribution is 5.81. The van der Waals surface area contributed by atoms with Crippen LogP contribution in [0.2, 0.25) is 0 Å². The third-order valence-corrected chi connectivity index (χ3v) is 3.40. The zero-order valence-corrected chi connectivity index (χ0v) is 11.6. The van der Waals surface area contributed by atoms with Crippen molar-refractivity contribution < 1.29 is 0 Å². The van der Waals surface area contributed by atoms with Crippen molar-refractivity contribution in [1.29, 1.82) is 0 Å². The molecule has 0 aliphatic heterocycles. The highest BCUT2D eigenvalue weighted by Gasteiger charge is 2.13. The predicted molar refractivity (Wildman–Crippen MR) is 76.8 cm³/mol. The Morgan fingerprint density at radius 1 is 1.28 bits per heavy atom. The molecule has 0 radical (unpaired) electrons. The molecule has 1 unspecified atom stereocenters. The first kappa shape index (κ1) is 13.1. The first-order valence-corrected chi connectivity index (χ1v) is 6.90. The molecule has 98 valence electrons. The van der Waals surface area contributed by atoms with Gasteiger partial charge in [0.25, 0.3) is 0 Å². The van der Waals surface area contributed by atoms with Crippen LogP contribution in [-0.2, 0) is 13.5 Å². The number of hydrogen-bond acceptors (Lipinski definition) is 2. The zero-order valence-electron chi connectivity index (χ0n) is 11.6. The van der Waals surface area contributed by atoms with E-state index >= 15 is 0 Å². The van der Waals surface area contributed by atoms with Crippen molar-refractivity contribution in [3.05, 3.63) is 30.0 Å². The Kier molecular flexibility index (Phi) is 4.37. The monoisotopic (exact) mass is 245 g/mol. The van der Waals surface area contributed by atoms with E-state index in [0.717, 1.165) is 13.0 Å². The Morgan fingerprint density at radius 3 is 2.78 bits per heavy atom. The molecule has 0 amide bonds. The number of aryl methyl sites for hydroxylation is 1. The Labute approximate surface area is 109 Å². The van der Waals surface area contributed by atoms with Crippen molar-refractivity contribution >= 4 is 10.9 Å². The minimum Gasteiger partial charge on any atom is -0.314 e. The number of likely N-dealkylation sites (N-methyl/N-ethyl adjacent to an activating group) is 1. The lowest BCUT2D eigenvalue weighted by atomic mass is 10.0. The van der Waals surface area contributed by atoms with E-state index in [1.54, 1.807) is 0 Å². The molecule has 1 atom stereocenters. The minimum atomic E-state index is 0.540. The molecule has 1 aromatic carbocycles. The molecule has 0 spiro atoms. The summed E-state index contributed by atoms with van der Waals surface area (Å²) in [6.07, 6.45) is 3.43. The van der Waals surface area contributed by atoms with Gasteiger partial charge in [-0.25, -0.2) is 0 Å². The number of para-hydroxylation sites is 1. The number of aromatic nitrogens is 2. The summed E-state index contributed by atoms with van der Waals surface area (Å²) in [6.45, 7) is 5.43. The quantitative estimate of drug-likeness (QED) is 0.848. The minimum absolute atomic E-state index is 0.540. The van der Waals surface area contributed by atoms with Crippen LogP contribution < -0.4 is 5.32 Å². The SMILES string of the molecule is CCCC(Cc1nn(C)c2ccccc12)NCC. The fourth-order valence-electron chi connectivity index (χ4n) is 2.59. The molecule has 3 nitrogen and oxygen atoms in total. The van der Waals surface area contributed by atoms with Gasteiger partial charge in [-0.2, -0.15) is 5.10 Å². The van der Waals surface area contributed by atoms with Gasteiger partial charge in [-0.05, 0) is 19.0 Å². The second-order valence-electron chi connectivity index (χ2n) is 4.83. The van der Waals surface area contributed by atoms with Gasteiger partial charge in [0, 0.05) is 24.9 Å². The lowest BCUT2D eigenvalue weighted by molar-refractivity contribution is 0.480. The maximum Gasteiger partial charge on any atom is 0.0718 e.